The van der Waals surface area contributed by atoms with Crippen molar-refractivity contribution >= 4 is 33.8 Å². The molecule has 0 saturated carbocycles. The van der Waals surface area contributed by atoms with E-state index in [1.807, 2.05) is 48.7 Å². The van der Waals surface area contributed by atoms with Crippen molar-refractivity contribution in [3.8, 4) is 38.0 Å². The topological polar surface area (TPSA) is 57.1 Å². The fraction of sp³-hybridized carbons (Fsp3) is 0.125. The highest BCUT2D eigenvalue weighted by atomic mass is 32.1. The molecule has 0 aliphatic carbocycles. The molecule has 1 aromatic carbocycles. The van der Waals surface area contributed by atoms with Crippen LogP contribution in [0, 0.1) is 0 Å². The second kappa shape index (κ2) is 8.93. The van der Waals surface area contributed by atoms with Gasteiger partial charge in [0.05, 0.1) is 16.4 Å². The van der Waals surface area contributed by atoms with Crippen LogP contribution in [0.2, 0.25) is 0 Å². The fourth-order valence-electron chi connectivity index (χ4n) is 3.26. The Kier molecular flexibility index (Phi) is 5.71. The molecule has 4 aromatic heterocycles. The Morgan fingerprint density at radius 3 is 2.16 bits per heavy atom. The molecule has 4 heterocycles. The van der Waals surface area contributed by atoms with Gasteiger partial charge < -0.3 is 9.47 Å². The monoisotopic (exact) mass is 445 g/mol. The Labute approximate surface area is 188 Å². The van der Waals surface area contributed by atoms with Gasteiger partial charge in [0.2, 0.25) is 0 Å². The number of pyridine rings is 1. The van der Waals surface area contributed by atoms with Gasteiger partial charge >= 0.3 is 0 Å². The zero-order valence-electron chi connectivity index (χ0n) is 16.8. The smallest absolute Gasteiger partial charge is 0.178 e. The Hall–Kier alpha value is -3.13. The summed E-state index contributed by atoms with van der Waals surface area (Å²) in [5.74, 6) is 0.815. The van der Waals surface area contributed by atoms with E-state index in [2.05, 4.69) is 27.9 Å². The molecule has 0 radical (unpaired) electrons. The summed E-state index contributed by atoms with van der Waals surface area (Å²) in [5, 5.41) is 4.11. The fourth-order valence-corrected chi connectivity index (χ4v) is 4.69. The lowest BCUT2D eigenvalue weighted by atomic mass is 10.1. The van der Waals surface area contributed by atoms with Gasteiger partial charge in [0, 0.05) is 18.9 Å². The molecule has 5 rings (SSSR count). The van der Waals surface area contributed by atoms with Gasteiger partial charge in [0.1, 0.15) is 29.3 Å². The predicted octanol–water partition coefficient (Wildman–Crippen LogP) is 6.17. The summed E-state index contributed by atoms with van der Waals surface area (Å²) in [6, 6.07) is 18.2. The molecule has 0 aliphatic rings. The molecule has 7 heteroatoms. The van der Waals surface area contributed by atoms with Crippen molar-refractivity contribution in [2.24, 2.45) is 0 Å². The molecule has 0 fully saturated rings. The number of nitrogens with zero attached hydrogens (tertiary/aromatic N) is 3. The van der Waals surface area contributed by atoms with Gasteiger partial charge in [0.15, 0.2) is 5.65 Å². The second-order valence-electron chi connectivity index (χ2n) is 6.81. The summed E-state index contributed by atoms with van der Waals surface area (Å²) in [7, 11) is 1.66. The van der Waals surface area contributed by atoms with Crippen molar-refractivity contribution in [2.75, 3.05) is 20.3 Å². The van der Waals surface area contributed by atoms with Crippen LogP contribution in [-0.2, 0) is 4.74 Å². The van der Waals surface area contributed by atoms with Crippen molar-refractivity contribution in [2.45, 2.75) is 0 Å². The molecule has 0 atom stereocenters. The molecular weight excluding hydrogens is 426 g/mol. The molecule has 154 valence electrons. The predicted molar refractivity (Wildman–Crippen MR) is 127 cm³/mol. The molecule has 0 unspecified atom stereocenters. The van der Waals surface area contributed by atoms with Crippen molar-refractivity contribution in [1.29, 1.82) is 0 Å². The van der Waals surface area contributed by atoms with Gasteiger partial charge in [0.25, 0.3) is 0 Å². The maximum absolute atomic E-state index is 5.65. The maximum Gasteiger partial charge on any atom is 0.178 e. The molecule has 5 nitrogen and oxygen atoms in total. The lowest BCUT2D eigenvalue weighted by Crippen LogP contribution is -2.03. The van der Waals surface area contributed by atoms with Crippen molar-refractivity contribution < 1.29 is 9.47 Å². The summed E-state index contributed by atoms with van der Waals surface area (Å²) >= 11 is 3.32. The summed E-state index contributed by atoms with van der Waals surface area (Å²) in [6.07, 6.45) is 1.85. The number of thiophene rings is 2. The quantitative estimate of drug-likeness (QED) is 0.280. The summed E-state index contributed by atoms with van der Waals surface area (Å²) in [6.45, 7) is 1.09. The van der Waals surface area contributed by atoms with Gasteiger partial charge in [-0.3, -0.25) is 0 Å². The summed E-state index contributed by atoms with van der Waals surface area (Å²) in [4.78, 5) is 16.7. The van der Waals surface area contributed by atoms with Gasteiger partial charge in [-0.2, -0.15) is 0 Å². The molecular formula is C24H19N3O2S2. The minimum absolute atomic E-state index is 0.529. The first kappa shape index (κ1) is 19.8. The van der Waals surface area contributed by atoms with E-state index < -0.39 is 0 Å². The number of hydrogen-bond acceptors (Lipinski definition) is 7. The van der Waals surface area contributed by atoms with E-state index in [1.165, 1.54) is 0 Å². The first-order chi connectivity index (χ1) is 15.3. The van der Waals surface area contributed by atoms with E-state index >= 15 is 0 Å². The Balaban J connectivity index is 1.53. The third-order valence-corrected chi connectivity index (χ3v) is 6.53. The number of benzene rings is 1. The number of ether oxygens (including phenoxy) is 2. The van der Waals surface area contributed by atoms with E-state index in [9.17, 15) is 0 Å². The highest BCUT2D eigenvalue weighted by Gasteiger charge is 2.16. The molecule has 31 heavy (non-hydrogen) atoms. The Morgan fingerprint density at radius 2 is 1.52 bits per heavy atom. The average Bonchev–Trinajstić information content (AvgIpc) is 3.53. The zero-order chi connectivity index (χ0) is 21.0. The van der Waals surface area contributed by atoms with Crippen LogP contribution in [0.15, 0.2) is 71.6 Å². The average molecular weight is 446 g/mol. The molecule has 0 amide bonds. The number of methoxy groups -OCH3 is 1. The minimum atomic E-state index is 0.529. The van der Waals surface area contributed by atoms with Crippen molar-refractivity contribution in [1.82, 2.24) is 15.0 Å². The van der Waals surface area contributed by atoms with Gasteiger partial charge in [-0.1, -0.05) is 24.3 Å². The second-order valence-corrected chi connectivity index (χ2v) is 8.70. The SMILES string of the molecule is COCCOc1ccc(-c2cnc3nc(-c4cccs4)c(-c4cccs4)nc3c2)cc1. The van der Waals surface area contributed by atoms with Gasteiger partial charge in [-0.25, -0.2) is 15.0 Å². The highest BCUT2D eigenvalue weighted by Crippen LogP contribution is 2.35. The van der Waals surface area contributed by atoms with Crippen molar-refractivity contribution in [3.05, 3.63) is 71.6 Å². The van der Waals surface area contributed by atoms with E-state index in [1.54, 1.807) is 29.8 Å². The van der Waals surface area contributed by atoms with Crippen LogP contribution in [0.25, 0.3) is 43.4 Å². The van der Waals surface area contributed by atoms with Gasteiger partial charge in [-0.15, -0.1) is 22.7 Å². The van der Waals surface area contributed by atoms with E-state index in [0.717, 1.165) is 43.5 Å². The molecule has 0 saturated heterocycles. The molecule has 0 spiro atoms. The Bertz CT molecular complexity index is 1280. The van der Waals surface area contributed by atoms with Crippen LogP contribution < -0.4 is 4.74 Å². The van der Waals surface area contributed by atoms with Gasteiger partial charge in [-0.05, 0) is 46.7 Å². The highest BCUT2D eigenvalue weighted by molar-refractivity contribution is 7.14. The zero-order valence-corrected chi connectivity index (χ0v) is 18.5. The van der Waals surface area contributed by atoms with E-state index in [-0.39, 0.29) is 0 Å². The van der Waals surface area contributed by atoms with Crippen LogP contribution in [0.4, 0.5) is 0 Å². The van der Waals surface area contributed by atoms with Crippen LogP contribution in [-0.4, -0.2) is 35.3 Å². The number of hydrogen-bond donors (Lipinski definition) is 0. The lowest BCUT2D eigenvalue weighted by molar-refractivity contribution is 0.146. The third-order valence-electron chi connectivity index (χ3n) is 4.77. The van der Waals surface area contributed by atoms with Crippen LogP contribution in [0.1, 0.15) is 0 Å². The molecule has 0 bridgehead atoms. The maximum atomic E-state index is 5.65. The summed E-state index contributed by atoms with van der Waals surface area (Å²) in [5.41, 5.74) is 5.24. The molecule has 0 N–H and O–H groups in total. The standard InChI is InChI=1S/C24H19N3O2S2/c1-28-10-11-29-18-8-6-16(7-9-18)17-14-19-24(25-15-17)27-23(21-5-3-13-31-21)22(26-19)20-4-2-12-30-20/h2-9,12-15H,10-11H2,1H3. The van der Waals surface area contributed by atoms with Crippen LogP contribution in [0.3, 0.4) is 0 Å². The third kappa shape index (κ3) is 4.20. The first-order valence-corrected chi connectivity index (χ1v) is 11.6. The number of fused-ring (bicyclic) bond motifs is 1. The number of rotatable bonds is 7. The molecule has 5 aromatic rings. The normalized spacial score (nSPS) is 11.1. The number of aromatic nitrogens is 3. The molecule has 0 aliphatic heterocycles. The first-order valence-electron chi connectivity index (χ1n) is 9.79. The largest absolute Gasteiger partial charge is 0.491 e. The Morgan fingerprint density at radius 1 is 0.806 bits per heavy atom. The minimum Gasteiger partial charge on any atom is -0.491 e. The van der Waals surface area contributed by atoms with Crippen LogP contribution in [0.5, 0.6) is 5.75 Å². The van der Waals surface area contributed by atoms with E-state index in [4.69, 9.17) is 19.4 Å². The lowest BCUT2D eigenvalue weighted by Gasteiger charge is -2.09. The summed E-state index contributed by atoms with van der Waals surface area (Å²) < 4.78 is 10.7. The van der Waals surface area contributed by atoms with E-state index in [0.29, 0.717) is 18.9 Å². The van der Waals surface area contributed by atoms with Crippen LogP contribution >= 0.6 is 22.7 Å². The van der Waals surface area contributed by atoms with Crippen molar-refractivity contribution in [3.63, 3.8) is 0 Å².